The average Bonchev–Trinajstić information content (AvgIpc) is 2.83. The van der Waals surface area contributed by atoms with Gasteiger partial charge in [0.1, 0.15) is 11.2 Å². The molecule has 3 atom stereocenters. The number of carbonyl (C=O) groups excluding carboxylic acids is 3. The van der Waals surface area contributed by atoms with Crippen LogP contribution in [0.15, 0.2) is 0 Å². The summed E-state index contributed by atoms with van der Waals surface area (Å²) in [6.45, 7) is 12.2. The Bertz CT molecular complexity index is 549. The summed E-state index contributed by atoms with van der Waals surface area (Å²) in [4.78, 5) is 39.1. The number of carbonyl (C=O) groups is 3. The van der Waals surface area contributed by atoms with Gasteiger partial charge in [-0.1, -0.05) is 0 Å². The molecule has 8 heteroatoms. The summed E-state index contributed by atoms with van der Waals surface area (Å²) in [6.07, 6.45) is -2.11. The number of imide groups is 1. The van der Waals surface area contributed by atoms with E-state index in [-0.39, 0.29) is 6.54 Å². The summed E-state index contributed by atoms with van der Waals surface area (Å²) in [7, 11) is 1.51. The van der Waals surface area contributed by atoms with Crippen molar-refractivity contribution in [1.82, 2.24) is 9.80 Å². The third-order valence-electron chi connectivity index (χ3n) is 4.06. The summed E-state index contributed by atoms with van der Waals surface area (Å²) in [6, 6.07) is -0.655. The Kier molecular flexibility index (Phi) is 6.68. The molecule has 1 heterocycles. The largest absolute Gasteiger partial charge is 0.444 e. The van der Waals surface area contributed by atoms with Crippen molar-refractivity contribution >= 4 is 18.1 Å². The van der Waals surface area contributed by atoms with Crippen LogP contribution in [0.5, 0.6) is 0 Å². The standard InChI is InChI=1S/C18H32N2O6/c1-11(19(8)15(23)25-17(2,3)4)13(21)12-9-10-20(14(12)22)16(24)26-18(5,6)7/h11-13,21H,9-10H2,1-8H3/t11-,12?,13?/m1/s1. The number of likely N-dealkylation sites (tertiary alicyclic amines) is 1. The SMILES string of the molecule is C[C@H](C(O)C1CCN(C(=O)OC(C)(C)C)C1=O)N(C)C(=O)OC(C)(C)C. The number of hydrogen-bond donors (Lipinski definition) is 1. The van der Waals surface area contributed by atoms with E-state index >= 15 is 0 Å². The van der Waals surface area contributed by atoms with E-state index in [2.05, 4.69) is 0 Å². The van der Waals surface area contributed by atoms with Crippen LogP contribution >= 0.6 is 0 Å². The molecule has 0 saturated carbocycles. The first kappa shape index (κ1) is 22.2. The van der Waals surface area contributed by atoms with Crippen molar-refractivity contribution in [1.29, 1.82) is 0 Å². The van der Waals surface area contributed by atoms with Gasteiger partial charge in [0.25, 0.3) is 0 Å². The van der Waals surface area contributed by atoms with E-state index < -0.39 is 47.4 Å². The second-order valence-corrected chi connectivity index (χ2v) is 8.69. The van der Waals surface area contributed by atoms with Gasteiger partial charge in [0.2, 0.25) is 5.91 Å². The maximum absolute atomic E-state index is 12.5. The number of ether oxygens (including phenoxy) is 2. The van der Waals surface area contributed by atoms with Gasteiger partial charge < -0.3 is 19.5 Å². The molecule has 1 rings (SSSR count). The van der Waals surface area contributed by atoms with Gasteiger partial charge in [-0.2, -0.15) is 0 Å². The lowest BCUT2D eigenvalue weighted by atomic mass is 9.95. The molecule has 1 saturated heterocycles. The molecule has 0 radical (unpaired) electrons. The number of nitrogens with zero attached hydrogens (tertiary/aromatic N) is 2. The predicted molar refractivity (Wildman–Crippen MR) is 95.5 cm³/mol. The molecule has 0 aromatic heterocycles. The maximum Gasteiger partial charge on any atom is 0.417 e. The Morgan fingerprint density at radius 3 is 2.12 bits per heavy atom. The molecular formula is C18H32N2O6. The highest BCUT2D eigenvalue weighted by atomic mass is 16.6. The van der Waals surface area contributed by atoms with Gasteiger partial charge >= 0.3 is 12.2 Å². The number of amides is 3. The van der Waals surface area contributed by atoms with Crippen LogP contribution in [0.2, 0.25) is 0 Å². The lowest BCUT2D eigenvalue weighted by molar-refractivity contribution is -0.134. The number of likely N-dealkylation sites (N-methyl/N-ethyl adjacent to an activating group) is 1. The lowest BCUT2D eigenvalue weighted by Gasteiger charge is -2.33. The Balaban J connectivity index is 2.75. The molecule has 1 fully saturated rings. The summed E-state index contributed by atoms with van der Waals surface area (Å²) >= 11 is 0. The van der Waals surface area contributed by atoms with Gasteiger partial charge in [-0.3, -0.25) is 4.79 Å². The van der Waals surface area contributed by atoms with E-state index in [0.717, 1.165) is 4.90 Å². The summed E-state index contributed by atoms with van der Waals surface area (Å²) < 4.78 is 10.5. The first-order chi connectivity index (χ1) is 11.6. The molecule has 1 aliphatic heterocycles. The zero-order chi connectivity index (χ0) is 20.4. The Morgan fingerprint density at radius 1 is 1.15 bits per heavy atom. The third kappa shape index (κ3) is 5.86. The lowest BCUT2D eigenvalue weighted by Crippen LogP contribution is -2.49. The van der Waals surface area contributed by atoms with Gasteiger partial charge in [-0.25, -0.2) is 14.5 Å². The second-order valence-electron chi connectivity index (χ2n) is 8.69. The second kappa shape index (κ2) is 7.82. The van der Waals surface area contributed by atoms with E-state index in [1.165, 1.54) is 11.9 Å². The van der Waals surface area contributed by atoms with Crippen LogP contribution in [0.25, 0.3) is 0 Å². The fourth-order valence-corrected chi connectivity index (χ4v) is 2.58. The number of aliphatic hydroxyl groups is 1. The highest BCUT2D eigenvalue weighted by Crippen LogP contribution is 2.27. The first-order valence-corrected chi connectivity index (χ1v) is 8.82. The normalized spacial score (nSPS) is 20.6. The van der Waals surface area contributed by atoms with Gasteiger partial charge in [-0.05, 0) is 54.9 Å². The zero-order valence-corrected chi connectivity index (χ0v) is 17.0. The monoisotopic (exact) mass is 372 g/mol. The number of rotatable bonds is 3. The molecule has 150 valence electrons. The van der Waals surface area contributed by atoms with E-state index in [0.29, 0.717) is 6.42 Å². The van der Waals surface area contributed by atoms with Crippen molar-refractivity contribution in [2.75, 3.05) is 13.6 Å². The fraction of sp³-hybridized carbons (Fsp3) is 0.833. The van der Waals surface area contributed by atoms with Crippen LogP contribution in [0.3, 0.4) is 0 Å². The molecule has 0 aromatic carbocycles. The van der Waals surface area contributed by atoms with E-state index in [1.54, 1.807) is 48.5 Å². The molecule has 26 heavy (non-hydrogen) atoms. The van der Waals surface area contributed by atoms with Crippen LogP contribution in [0.4, 0.5) is 9.59 Å². The van der Waals surface area contributed by atoms with Gasteiger partial charge in [0.15, 0.2) is 0 Å². The van der Waals surface area contributed by atoms with Gasteiger partial charge in [-0.15, -0.1) is 0 Å². The molecule has 2 unspecified atom stereocenters. The minimum Gasteiger partial charge on any atom is -0.444 e. The zero-order valence-electron chi connectivity index (χ0n) is 17.0. The maximum atomic E-state index is 12.5. The quantitative estimate of drug-likeness (QED) is 0.817. The van der Waals surface area contributed by atoms with Crippen LogP contribution in [-0.2, 0) is 14.3 Å². The van der Waals surface area contributed by atoms with E-state index in [4.69, 9.17) is 9.47 Å². The molecule has 0 bridgehead atoms. The van der Waals surface area contributed by atoms with Crippen LogP contribution in [-0.4, -0.2) is 69.9 Å². The highest BCUT2D eigenvalue weighted by Gasteiger charge is 2.44. The van der Waals surface area contributed by atoms with Crippen LogP contribution in [0.1, 0.15) is 54.9 Å². The topological polar surface area (TPSA) is 96.4 Å². The van der Waals surface area contributed by atoms with Gasteiger partial charge in [0, 0.05) is 13.6 Å². The van der Waals surface area contributed by atoms with Crippen molar-refractivity contribution in [3.8, 4) is 0 Å². The van der Waals surface area contributed by atoms with Gasteiger partial charge in [0.05, 0.1) is 18.1 Å². The number of aliphatic hydroxyl groups excluding tert-OH is 1. The predicted octanol–water partition coefficient (Wildman–Crippen LogP) is 2.39. The molecule has 0 aromatic rings. The molecule has 1 aliphatic rings. The summed E-state index contributed by atoms with van der Waals surface area (Å²) in [5.74, 6) is -1.27. The molecule has 8 nitrogen and oxygen atoms in total. The molecule has 1 N–H and O–H groups in total. The van der Waals surface area contributed by atoms with Crippen molar-refractivity contribution in [3.63, 3.8) is 0 Å². The Hall–Kier alpha value is -1.83. The summed E-state index contributed by atoms with van der Waals surface area (Å²) in [5.41, 5.74) is -1.37. The molecule has 3 amide bonds. The van der Waals surface area contributed by atoms with Crippen LogP contribution < -0.4 is 0 Å². The molecular weight excluding hydrogens is 340 g/mol. The van der Waals surface area contributed by atoms with Crippen molar-refractivity contribution in [3.05, 3.63) is 0 Å². The van der Waals surface area contributed by atoms with Crippen molar-refractivity contribution < 1.29 is 29.0 Å². The van der Waals surface area contributed by atoms with Crippen LogP contribution in [0, 0.1) is 5.92 Å². The summed E-state index contributed by atoms with van der Waals surface area (Å²) in [5, 5.41) is 10.6. The fourth-order valence-electron chi connectivity index (χ4n) is 2.58. The Morgan fingerprint density at radius 2 is 1.65 bits per heavy atom. The minimum atomic E-state index is -1.12. The van der Waals surface area contributed by atoms with E-state index in [9.17, 15) is 19.5 Å². The first-order valence-electron chi connectivity index (χ1n) is 8.82. The average molecular weight is 372 g/mol. The highest BCUT2D eigenvalue weighted by molar-refractivity contribution is 5.95. The Labute approximate surface area is 155 Å². The molecule has 0 spiro atoms. The smallest absolute Gasteiger partial charge is 0.417 e. The number of hydrogen-bond acceptors (Lipinski definition) is 6. The molecule has 0 aliphatic carbocycles. The van der Waals surface area contributed by atoms with Crippen molar-refractivity contribution in [2.24, 2.45) is 5.92 Å². The minimum absolute atomic E-state index is 0.179. The van der Waals surface area contributed by atoms with E-state index in [1.807, 2.05) is 0 Å². The van der Waals surface area contributed by atoms with Crippen molar-refractivity contribution in [2.45, 2.75) is 78.2 Å². The third-order valence-corrected chi connectivity index (χ3v) is 4.06.